The Morgan fingerprint density at radius 1 is 1.20 bits per heavy atom. The van der Waals surface area contributed by atoms with E-state index in [0.29, 0.717) is 18.4 Å². The number of aromatic nitrogens is 3. The Balaban J connectivity index is 1.79. The van der Waals surface area contributed by atoms with Gasteiger partial charge in [0.05, 0.1) is 24.3 Å². The molecule has 0 aromatic carbocycles. The van der Waals surface area contributed by atoms with Crippen LogP contribution in [0.5, 0.6) is 0 Å². The van der Waals surface area contributed by atoms with E-state index in [4.69, 9.17) is 29.0 Å². The molecule has 1 aliphatic heterocycles. The van der Waals surface area contributed by atoms with E-state index in [-0.39, 0.29) is 17.4 Å². The zero-order valence-electron chi connectivity index (χ0n) is 25.4. The Morgan fingerprint density at radius 3 is 2.50 bits per heavy atom. The van der Waals surface area contributed by atoms with Gasteiger partial charge in [0, 0.05) is 0 Å². The second-order valence-electron chi connectivity index (χ2n) is 10.7. The van der Waals surface area contributed by atoms with E-state index in [1.54, 1.807) is 13.8 Å². The van der Waals surface area contributed by atoms with Gasteiger partial charge in [-0.15, -0.1) is 0 Å². The molecule has 17 heteroatoms. The number of anilines is 1. The van der Waals surface area contributed by atoms with Gasteiger partial charge in [0.2, 0.25) is 12.4 Å². The minimum Gasteiger partial charge on any atom is -0.462 e. The smallest absolute Gasteiger partial charge is 0.409 e. The van der Waals surface area contributed by atoms with Crippen molar-refractivity contribution in [2.24, 2.45) is 5.92 Å². The van der Waals surface area contributed by atoms with Crippen molar-refractivity contribution in [3.05, 3.63) is 24.2 Å². The summed E-state index contributed by atoms with van der Waals surface area (Å²) in [5.74, 6) is -1.55. The summed E-state index contributed by atoms with van der Waals surface area (Å²) in [4.78, 5) is 28.9. The highest BCUT2D eigenvalue weighted by atomic mass is 31.2. The van der Waals surface area contributed by atoms with Crippen LogP contribution in [0.15, 0.2) is 18.5 Å². The van der Waals surface area contributed by atoms with Crippen molar-refractivity contribution in [1.82, 2.24) is 19.7 Å². The molecule has 3 heterocycles. The first kappa shape index (κ1) is 35.3. The number of nitrogens with two attached hydrogens (primary N) is 1. The lowest BCUT2D eigenvalue weighted by Crippen LogP contribution is -2.41. The molecule has 0 radical (unpaired) electrons. The fraction of sp³-hybridized carbons (Fsp3) is 0.667. The summed E-state index contributed by atoms with van der Waals surface area (Å²) in [6, 6.07) is 3.67. The zero-order chi connectivity index (χ0) is 32.7. The number of ether oxygens (including phenoxy) is 3. The number of nitrogens with one attached hydrogen (secondary N) is 1. The van der Waals surface area contributed by atoms with E-state index in [1.807, 2.05) is 19.9 Å². The second kappa shape index (κ2) is 15.2. The van der Waals surface area contributed by atoms with Crippen LogP contribution in [-0.4, -0.2) is 80.6 Å². The van der Waals surface area contributed by atoms with Crippen LogP contribution in [0.4, 0.5) is 5.82 Å². The number of nitriles is 1. The molecule has 1 aliphatic rings. The molecule has 2 aromatic rings. The van der Waals surface area contributed by atoms with E-state index < -0.39 is 69.1 Å². The molecular formula is C27H41N6O10P. The lowest BCUT2D eigenvalue weighted by Gasteiger charge is -2.25. The minimum absolute atomic E-state index is 0.0568. The van der Waals surface area contributed by atoms with Crippen molar-refractivity contribution in [2.75, 3.05) is 19.1 Å². The van der Waals surface area contributed by atoms with Crippen molar-refractivity contribution in [1.29, 1.82) is 5.26 Å². The highest BCUT2D eigenvalue weighted by Gasteiger charge is 2.58. The number of aliphatic hydroxyl groups excluding tert-OH is 2. The standard InChI is InChI=1S/C27H41N6O10P/c1-6-8-18(9-7-2)26(37)39-15-41-44(38,32-17(5)25(36)42-16(3)4)40-12-20-22(34)23(35)27(13-28,43-20)21-11-10-19-24(29)30-14-31-33(19)21/h10-11,14,16-18,20,22-23,34-35H,6-9,12,15H2,1-5H3,(H,32,38)(H2,29,30,31)/t17-,20+,22+,23+,27-,44-/m0/s1. The Bertz CT molecular complexity index is 1380. The molecule has 0 aliphatic carbocycles. The van der Waals surface area contributed by atoms with E-state index in [2.05, 4.69) is 15.2 Å². The molecule has 0 unspecified atom stereocenters. The average molecular weight is 641 g/mol. The van der Waals surface area contributed by atoms with Gasteiger partial charge in [-0.2, -0.15) is 10.4 Å². The number of carbonyl (C=O) groups is 2. The number of nitrogens with zero attached hydrogens (tertiary/aromatic N) is 4. The van der Waals surface area contributed by atoms with Crippen LogP contribution in [0.25, 0.3) is 5.52 Å². The number of aliphatic hydroxyl groups is 2. The molecule has 6 atom stereocenters. The highest BCUT2D eigenvalue weighted by molar-refractivity contribution is 7.51. The van der Waals surface area contributed by atoms with Crippen molar-refractivity contribution < 1.29 is 47.6 Å². The summed E-state index contributed by atoms with van der Waals surface area (Å²) in [5, 5.41) is 38.5. The summed E-state index contributed by atoms with van der Waals surface area (Å²) in [7, 11) is -4.47. The van der Waals surface area contributed by atoms with Gasteiger partial charge in [0.1, 0.15) is 42.3 Å². The van der Waals surface area contributed by atoms with Gasteiger partial charge in [-0.1, -0.05) is 26.7 Å². The molecule has 244 valence electrons. The fourth-order valence-corrected chi connectivity index (χ4v) is 6.14. The largest absolute Gasteiger partial charge is 0.462 e. The van der Waals surface area contributed by atoms with Crippen LogP contribution in [0.1, 0.15) is 66.0 Å². The Kier molecular flexibility index (Phi) is 12.2. The normalized spacial score (nSPS) is 23.9. The van der Waals surface area contributed by atoms with E-state index >= 15 is 0 Å². The summed E-state index contributed by atoms with van der Waals surface area (Å²) in [6.07, 6.45) is -1.48. The van der Waals surface area contributed by atoms with E-state index in [9.17, 15) is 29.6 Å². The van der Waals surface area contributed by atoms with E-state index in [0.717, 1.165) is 19.2 Å². The molecule has 44 heavy (non-hydrogen) atoms. The summed E-state index contributed by atoms with van der Waals surface area (Å²) < 4.78 is 42.1. The fourth-order valence-electron chi connectivity index (χ4n) is 4.81. The third kappa shape index (κ3) is 7.91. The van der Waals surface area contributed by atoms with Gasteiger partial charge < -0.3 is 30.2 Å². The average Bonchev–Trinajstić information content (AvgIpc) is 3.52. The number of rotatable bonds is 16. The first-order chi connectivity index (χ1) is 20.8. The lowest BCUT2D eigenvalue weighted by molar-refractivity contribution is -0.157. The predicted molar refractivity (Wildman–Crippen MR) is 154 cm³/mol. The molecule has 3 rings (SSSR count). The molecule has 1 fully saturated rings. The molecule has 0 bridgehead atoms. The molecule has 2 aromatic heterocycles. The Hall–Kier alpha value is -3.16. The van der Waals surface area contributed by atoms with Crippen LogP contribution >= 0.6 is 7.75 Å². The monoisotopic (exact) mass is 640 g/mol. The van der Waals surface area contributed by atoms with E-state index in [1.165, 1.54) is 23.6 Å². The Labute approximate surface area is 255 Å². The van der Waals surface area contributed by atoms with Crippen molar-refractivity contribution in [3.8, 4) is 6.07 Å². The number of hydrogen-bond donors (Lipinski definition) is 4. The highest BCUT2D eigenvalue weighted by Crippen LogP contribution is 2.47. The molecule has 0 spiro atoms. The summed E-state index contributed by atoms with van der Waals surface area (Å²) >= 11 is 0. The number of fused-ring (bicyclic) bond motifs is 1. The third-order valence-corrected chi connectivity index (χ3v) is 8.62. The topological polar surface area (TPSA) is 230 Å². The number of carbonyl (C=O) groups excluding carboxylic acids is 2. The van der Waals surface area contributed by atoms with Crippen molar-refractivity contribution >= 4 is 31.0 Å². The first-order valence-electron chi connectivity index (χ1n) is 14.4. The molecule has 0 amide bonds. The number of nitrogen functional groups attached to an aromatic ring is 1. The van der Waals surface area contributed by atoms with Crippen LogP contribution in [0, 0.1) is 17.2 Å². The van der Waals surface area contributed by atoms with Gasteiger partial charge in [-0.3, -0.25) is 18.6 Å². The SMILES string of the molecule is CCCC(CCC)C(=O)OCO[P@](=O)(N[C@@H](C)C(=O)OC(C)C)OC[C@H]1O[C@@](C#N)(c2ccc3c(N)ncnn23)[C@H](O)[C@@H]1O. The van der Waals surface area contributed by atoms with Gasteiger partial charge >= 0.3 is 19.7 Å². The molecule has 0 saturated carbocycles. The van der Waals surface area contributed by atoms with Crippen LogP contribution in [0.2, 0.25) is 0 Å². The van der Waals surface area contributed by atoms with Crippen molar-refractivity contribution in [2.45, 2.75) is 96.4 Å². The molecule has 16 nitrogen and oxygen atoms in total. The first-order valence-corrected chi connectivity index (χ1v) is 15.9. The van der Waals surface area contributed by atoms with Gasteiger partial charge in [-0.05, 0) is 45.7 Å². The van der Waals surface area contributed by atoms with Crippen LogP contribution < -0.4 is 10.8 Å². The third-order valence-electron chi connectivity index (χ3n) is 6.98. The summed E-state index contributed by atoms with van der Waals surface area (Å²) in [6.45, 7) is 7.08. The second-order valence-corrected chi connectivity index (χ2v) is 12.5. The predicted octanol–water partition coefficient (Wildman–Crippen LogP) is 1.94. The van der Waals surface area contributed by atoms with Crippen LogP contribution in [-0.2, 0) is 43.0 Å². The quantitative estimate of drug-likeness (QED) is 0.117. The molecular weight excluding hydrogens is 599 g/mol. The van der Waals surface area contributed by atoms with Gasteiger partial charge in [-0.25, -0.2) is 19.2 Å². The zero-order valence-corrected chi connectivity index (χ0v) is 26.3. The van der Waals surface area contributed by atoms with Crippen molar-refractivity contribution in [3.63, 3.8) is 0 Å². The molecule has 5 N–H and O–H groups in total. The minimum atomic E-state index is -4.47. The maximum atomic E-state index is 13.8. The number of hydrogen-bond acceptors (Lipinski definition) is 14. The molecule has 1 saturated heterocycles. The number of esters is 2. The summed E-state index contributed by atoms with van der Waals surface area (Å²) in [5.41, 5.74) is 4.15. The van der Waals surface area contributed by atoms with Gasteiger partial charge in [0.15, 0.2) is 5.82 Å². The Morgan fingerprint density at radius 2 is 1.89 bits per heavy atom. The van der Waals surface area contributed by atoms with Gasteiger partial charge in [0.25, 0.3) is 0 Å². The maximum absolute atomic E-state index is 13.8. The van der Waals surface area contributed by atoms with Crippen LogP contribution in [0.3, 0.4) is 0 Å². The lowest BCUT2D eigenvalue weighted by atomic mass is 9.92. The maximum Gasteiger partial charge on any atom is 0.409 e.